The number of allylic oxidation sites excluding steroid dienone is 2. The number of halogens is 1. The molecule has 0 radical (unpaired) electrons. The molecule has 3 atom stereocenters. The molecule has 0 aromatic heterocycles. The van der Waals surface area contributed by atoms with E-state index in [1.54, 1.807) is 12.1 Å². The van der Waals surface area contributed by atoms with Crippen molar-refractivity contribution in [2.45, 2.75) is 25.7 Å². The molecule has 1 heterocycles. The second-order valence-corrected chi connectivity index (χ2v) is 6.73. The quantitative estimate of drug-likeness (QED) is 0.659. The highest BCUT2D eigenvalue weighted by molar-refractivity contribution is 6.30. The number of ketones is 1. The summed E-state index contributed by atoms with van der Waals surface area (Å²) in [6.45, 7) is 1.82. The summed E-state index contributed by atoms with van der Waals surface area (Å²) in [5.74, 6) is -2.30. The van der Waals surface area contributed by atoms with Gasteiger partial charge in [0.05, 0.1) is 7.11 Å². The monoisotopic (exact) mass is 347 g/mol. The van der Waals surface area contributed by atoms with Gasteiger partial charge in [-0.05, 0) is 30.0 Å². The topological polar surface area (TPSA) is 72.5 Å². The molecule has 2 aliphatic rings. The number of amides is 1. The Hall–Kier alpha value is -2.14. The van der Waals surface area contributed by atoms with Crippen molar-refractivity contribution >= 4 is 29.3 Å². The highest BCUT2D eigenvalue weighted by Crippen LogP contribution is 2.42. The van der Waals surface area contributed by atoms with Crippen LogP contribution in [0.1, 0.15) is 31.2 Å². The van der Waals surface area contributed by atoms with Gasteiger partial charge in [0.2, 0.25) is 5.91 Å². The molecule has 0 fully saturated rings. The Morgan fingerprint density at radius 2 is 1.88 bits per heavy atom. The van der Waals surface area contributed by atoms with E-state index in [9.17, 15) is 14.4 Å². The van der Waals surface area contributed by atoms with Crippen LogP contribution in [0.4, 0.5) is 0 Å². The third-order valence-corrected chi connectivity index (χ3v) is 4.98. The van der Waals surface area contributed by atoms with Gasteiger partial charge in [0.15, 0.2) is 5.78 Å². The Morgan fingerprint density at radius 1 is 1.21 bits per heavy atom. The second kappa shape index (κ2) is 6.40. The predicted octanol–water partition coefficient (Wildman–Crippen LogP) is 2.60. The minimum absolute atomic E-state index is 0.120. The standard InChI is InChI=1S/C18H18ClNO4/c1-9-7-13-16(17(22)15(9)18(23)24-2)12(8-14(21)20-13)10-3-5-11(19)6-4-10/h3-6,9,12,15H,7-8H2,1-2H3,(H,20,21)/t9-,12+,15+/m0/s1. The first-order chi connectivity index (χ1) is 11.4. The molecule has 0 saturated carbocycles. The molecule has 1 aliphatic heterocycles. The van der Waals surface area contributed by atoms with E-state index in [1.165, 1.54) is 7.11 Å². The molecule has 1 N–H and O–H groups in total. The maximum atomic E-state index is 13.0. The smallest absolute Gasteiger partial charge is 0.316 e. The van der Waals surface area contributed by atoms with Crippen LogP contribution in [0, 0.1) is 11.8 Å². The van der Waals surface area contributed by atoms with Gasteiger partial charge in [0.25, 0.3) is 0 Å². The predicted molar refractivity (Wildman–Crippen MR) is 88.3 cm³/mol. The van der Waals surface area contributed by atoms with Gasteiger partial charge in [-0.2, -0.15) is 0 Å². The second-order valence-electron chi connectivity index (χ2n) is 6.30. The highest BCUT2D eigenvalue weighted by Gasteiger charge is 2.45. The average molecular weight is 348 g/mol. The number of carbonyl (C=O) groups is 3. The van der Waals surface area contributed by atoms with Crippen molar-refractivity contribution in [1.29, 1.82) is 0 Å². The first-order valence-electron chi connectivity index (χ1n) is 7.82. The molecule has 1 aromatic rings. The van der Waals surface area contributed by atoms with Crippen LogP contribution in [-0.4, -0.2) is 24.8 Å². The Bertz CT molecular complexity index is 738. The maximum absolute atomic E-state index is 13.0. The number of carbonyl (C=O) groups excluding carboxylic acids is 3. The van der Waals surface area contributed by atoms with Crippen LogP contribution >= 0.6 is 11.6 Å². The van der Waals surface area contributed by atoms with Crippen molar-refractivity contribution in [2.24, 2.45) is 11.8 Å². The van der Waals surface area contributed by atoms with Crippen molar-refractivity contribution in [1.82, 2.24) is 5.32 Å². The summed E-state index contributed by atoms with van der Waals surface area (Å²) in [5, 5.41) is 3.40. The largest absolute Gasteiger partial charge is 0.468 e. The number of methoxy groups -OCH3 is 1. The molecule has 126 valence electrons. The molecule has 24 heavy (non-hydrogen) atoms. The number of Topliss-reactive ketones (excluding diaryl/α,β-unsaturated/α-hetero) is 1. The zero-order valence-corrected chi connectivity index (χ0v) is 14.2. The van der Waals surface area contributed by atoms with E-state index in [-0.39, 0.29) is 29.9 Å². The van der Waals surface area contributed by atoms with Crippen LogP contribution in [0.2, 0.25) is 5.02 Å². The molecule has 1 aliphatic carbocycles. The highest BCUT2D eigenvalue weighted by atomic mass is 35.5. The summed E-state index contributed by atoms with van der Waals surface area (Å²) in [6.07, 6.45) is 0.644. The number of esters is 1. The van der Waals surface area contributed by atoms with E-state index in [1.807, 2.05) is 19.1 Å². The van der Waals surface area contributed by atoms with Gasteiger partial charge in [0, 0.05) is 28.6 Å². The van der Waals surface area contributed by atoms with E-state index >= 15 is 0 Å². The van der Waals surface area contributed by atoms with Gasteiger partial charge in [-0.25, -0.2) is 0 Å². The molecular weight excluding hydrogens is 330 g/mol. The van der Waals surface area contributed by atoms with E-state index in [4.69, 9.17) is 16.3 Å². The van der Waals surface area contributed by atoms with Crippen LogP contribution in [-0.2, 0) is 19.1 Å². The number of hydrogen-bond donors (Lipinski definition) is 1. The Morgan fingerprint density at radius 3 is 2.50 bits per heavy atom. The molecule has 3 rings (SSSR count). The minimum atomic E-state index is -0.821. The average Bonchev–Trinajstić information content (AvgIpc) is 2.54. The lowest BCUT2D eigenvalue weighted by Gasteiger charge is -2.36. The zero-order valence-electron chi connectivity index (χ0n) is 13.5. The number of ether oxygens (including phenoxy) is 1. The number of hydrogen-bond acceptors (Lipinski definition) is 4. The van der Waals surface area contributed by atoms with Crippen LogP contribution in [0.3, 0.4) is 0 Å². The Kier molecular flexibility index (Phi) is 4.45. The van der Waals surface area contributed by atoms with Crippen molar-refractivity contribution in [3.05, 3.63) is 46.1 Å². The molecule has 0 unspecified atom stereocenters. The van der Waals surface area contributed by atoms with Crippen LogP contribution in [0.15, 0.2) is 35.5 Å². The van der Waals surface area contributed by atoms with E-state index in [0.29, 0.717) is 22.7 Å². The summed E-state index contributed by atoms with van der Waals surface area (Å²) in [6, 6.07) is 7.10. The molecule has 1 aromatic carbocycles. The van der Waals surface area contributed by atoms with Crippen molar-refractivity contribution in [3.63, 3.8) is 0 Å². The summed E-state index contributed by atoms with van der Waals surface area (Å²) >= 11 is 5.93. The molecule has 0 spiro atoms. The Labute approximate surface area is 145 Å². The van der Waals surface area contributed by atoms with Gasteiger partial charge in [-0.3, -0.25) is 14.4 Å². The van der Waals surface area contributed by atoms with Crippen molar-refractivity contribution in [2.75, 3.05) is 7.11 Å². The third-order valence-electron chi connectivity index (χ3n) is 4.72. The fraction of sp³-hybridized carbons (Fsp3) is 0.389. The normalized spacial score (nSPS) is 26.7. The number of benzene rings is 1. The van der Waals surface area contributed by atoms with Crippen molar-refractivity contribution in [3.8, 4) is 0 Å². The maximum Gasteiger partial charge on any atom is 0.316 e. The third kappa shape index (κ3) is 2.84. The molecule has 5 nitrogen and oxygen atoms in total. The summed E-state index contributed by atoms with van der Waals surface area (Å²) < 4.78 is 4.80. The molecule has 6 heteroatoms. The minimum Gasteiger partial charge on any atom is -0.468 e. The van der Waals surface area contributed by atoms with E-state index in [0.717, 1.165) is 5.56 Å². The molecule has 0 saturated heterocycles. The van der Waals surface area contributed by atoms with Crippen LogP contribution < -0.4 is 5.32 Å². The van der Waals surface area contributed by atoms with Gasteiger partial charge in [-0.15, -0.1) is 0 Å². The van der Waals surface area contributed by atoms with Gasteiger partial charge in [0.1, 0.15) is 5.92 Å². The molecule has 1 amide bonds. The fourth-order valence-electron chi connectivity index (χ4n) is 3.58. The SMILES string of the molecule is COC(=O)[C@H]1C(=O)C2=C(C[C@@H]1C)NC(=O)C[C@@H]2c1ccc(Cl)cc1. The lowest BCUT2D eigenvalue weighted by molar-refractivity contribution is -0.151. The number of nitrogens with one attached hydrogen (secondary N) is 1. The fourth-order valence-corrected chi connectivity index (χ4v) is 3.70. The van der Waals surface area contributed by atoms with Gasteiger partial charge < -0.3 is 10.1 Å². The zero-order chi connectivity index (χ0) is 17.4. The molecular formula is C18H18ClNO4. The van der Waals surface area contributed by atoms with Crippen LogP contribution in [0.5, 0.6) is 0 Å². The first kappa shape index (κ1) is 16.7. The lowest BCUT2D eigenvalue weighted by Crippen LogP contribution is -2.44. The van der Waals surface area contributed by atoms with Crippen molar-refractivity contribution < 1.29 is 19.1 Å². The van der Waals surface area contributed by atoms with E-state index in [2.05, 4.69) is 5.32 Å². The summed E-state index contributed by atoms with van der Waals surface area (Å²) in [4.78, 5) is 37.1. The first-order valence-corrected chi connectivity index (χ1v) is 8.20. The van der Waals surface area contributed by atoms with Crippen LogP contribution in [0.25, 0.3) is 0 Å². The Balaban J connectivity index is 2.06. The summed E-state index contributed by atoms with van der Waals surface area (Å²) in [7, 11) is 1.28. The summed E-state index contributed by atoms with van der Waals surface area (Å²) in [5.41, 5.74) is 1.99. The van der Waals surface area contributed by atoms with E-state index < -0.39 is 11.9 Å². The van der Waals surface area contributed by atoms with Gasteiger partial charge >= 0.3 is 5.97 Å². The lowest BCUT2D eigenvalue weighted by atomic mass is 9.70. The number of rotatable bonds is 2. The molecule has 0 bridgehead atoms. The van der Waals surface area contributed by atoms with Gasteiger partial charge in [-0.1, -0.05) is 30.7 Å².